The lowest BCUT2D eigenvalue weighted by molar-refractivity contribution is 0.240. The Morgan fingerprint density at radius 2 is 1.53 bits per heavy atom. The molecular formula is C24H34Cl3NO2. The van der Waals surface area contributed by atoms with Gasteiger partial charge in [0.1, 0.15) is 6.61 Å². The third kappa shape index (κ3) is 8.93. The summed E-state index contributed by atoms with van der Waals surface area (Å²) in [6, 6.07) is 11.5. The number of hydrogen-bond acceptors (Lipinski definition) is 3. The van der Waals surface area contributed by atoms with Crippen LogP contribution < -0.4 is 14.8 Å². The zero-order valence-electron chi connectivity index (χ0n) is 18.8. The molecular weight excluding hydrogens is 441 g/mol. The maximum absolute atomic E-state index is 6.56. The minimum Gasteiger partial charge on any atom is -0.490 e. The van der Waals surface area contributed by atoms with Gasteiger partial charge in [-0.1, -0.05) is 56.1 Å². The van der Waals surface area contributed by atoms with Crippen LogP contribution in [0.5, 0.6) is 11.5 Å². The van der Waals surface area contributed by atoms with E-state index < -0.39 is 0 Å². The molecule has 0 saturated heterocycles. The molecule has 0 amide bonds. The van der Waals surface area contributed by atoms with E-state index in [0.717, 1.165) is 17.5 Å². The number of nitrogens with one attached hydrogen (secondary N) is 1. The highest BCUT2D eigenvalue weighted by Gasteiger charge is 2.25. The molecule has 0 aliphatic rings. The van der Waals surface area contributed by atoms with E-state index in [0.29, 0.717) is 41.3 Å². The Morgan fingerprint density at radius 3 is 2.10 bits per heavy atom. The molecule has 0 unspecified atom stereocenters. The summed E-state index contributed by atoms with van der Waals surface area (Å²) in [6.07, 6.45) is 1.06. The Labute approximate surface area is 197 Å². The third-order valence-corrected chi connectivity index (χ3v) is 4.94. The number of rotatable bonds is 9. The molecule has 168 valence electrons. The fraction of sp³-hybridized carbons (Fsp3) is 0.500. The van der Waals surface area contributed by atoms with E-state index in [1.807, 2.05) is 43.3 Å². The van der Waals surface area contributed by atoms with Gasteiger partial charge in [0.2, 0.25) is 0 Å². The van der Waals surface area contributed by atoms with Gasteiger partial charge >= 0.3 is 0 Å². The number of benzene rings is 2. The van der Waals surface area contributed by atoms with Gasteiger partial charge < -0.3 is 14.8 Å². The van der Waals surface area contributed by atoms with Crippen LogP contribution in [0.3, 0.4) is 0 Å². The van der Waals surface area contributed by atoms with Gasteiger partial charge in [0.05, 0.1) is 11.6 Å². The van der Waals surface area contributed by atoms with Gasteiger partial charge in [-0.05, 0) is 68.0 Å². The van der Waals surface area contributed by atoms with E-state index in [9.17, 15) is 0 Å². The van der Waals surface area contributed by atoms with Crippen LogP contribution in [0.2, 0.25) is 10.0 Å². The molecule has 6 heteroatoms. The fourth-order valence-electron chi connectivity index (χ4n) is 3.59. The predicted octanol–water partition coefficient (Wildman–Crippen LogP) is 7.70. The summed E-state index contributed by atoms with van der Waals surface area (Å²) in [7, 11) is 0. The second-order valence-corrected chi connectivity index (χ2v) is 10.1. The summed E-state index contributed by atoms with van der Waals surface area (Å²) in [5, 5.41) is 4.90. The molecule has 0 radical (unpaired) electrons. The Morgan fingerprint density at radius 1 is 0.900 bits per heavy atom. The van der Waals surface area contributed by atoms with E-state index in [-0.39, 0.29) is 23.4 Å². The maximum Gasteiger partial charge on any atom is 0.180 e. The molecule has 2 rings (SSSR count). The van der Waals surface area contributed by atoms with Gasteiger partial charge in [0.25, 0.3) is 0 Å². The van der Waals surface area contributed by atoms with E-state index >= 15 is 0 Å². The zero-order valence-corrected chi connectivity index (χ0v) is 21.1. The Hall–Kier alpha value is -1.13. The zero-order chi connectivity index (χ0) is 21.7. The third-order valence-electron chi connectivity index (χ3n) is 4.41. The van der Waals surface area contributed by atoms with Gasteiger partial charge in [-0.15, -0.1) is 12.4 Å². The summed E-state index contributed by atoms with van der Waals surface area (Å²) < 4.78 is 11.8. The van der Waals surface area contributed by atoms with Crippen LogP contribution in [0.4, 0.5) is 0 Å². The van der Waals surface area contributed by atoms with Crippen molar-refractivity contribution in [3.63, 3.8) is 0 Å². The molecule has 1 N–H and O–H groups in total. The molecule has 0 spiro atoms. The van der Waals surface area contributed by atoms with Crippen LogP contribution in [0.1, 0.15) is 59.1 Å². The van der Waals surface area contributed by atoms with Crippen molar-refractivity contribution in [3.05, 3.63) is 57.6 Å². The van der Waals surface area contributed by atoms with Gasteiger partial charge in [-0.25, -0.2) is 0 Å². The molecule has 0 atom stereocenters. The average Bonchev–Trinajstić information content (AvgIpc) is 2.59. The van der Waals surface area contributed by atoms with Crippen molar-refractivity contribution in [2.45, 2.75) is 66.7 Å². The van der Waals surface area contributed by atoms with E-state index in [4.69, 9.17) is 32.7 Å². The number of halogens is 3. The van der Waals surface area contributed by atoms with Crippen molar-refractivity contribution in [2.75, 3.05) is 6.61 Å². The quantitative estimate of drug-likeness (QED) is 0.404. The standard InChI is InChI=1S/C24H33Cl2NO2.ClH/c1-7-28-21-13-18(14-27-24(5,6)16-23(2,3)4)12-20(26)22(21)29-15-17-8-10-19(25)11-9-17;/h8-13,27H,7,14-16H2,1-6H3;1H. The molecule has 3 nitrogen and oxygen atoms in total. The van der Waals surface area contributed by atoms with Crippen LogP contribution in [-0.4, -0.2) is 12.1 Å². The van der Waals surface area contributed by atoms with Gasteiger partial charge in [-0.2, -0.15) is 0 Å². The van der Waals surface area contributed by atoms with Crippen LogP contribution >= 0.6 is 35.6 Å². The highest BCUT2D eigenvalue weighted by molar-refractivity contribution is 6.32. The van der Waals surface area contributed by atoms with Crippen molar-refractivity contribution in [2.24, 2.45) is 5.41 Å². The van der Waals surface area contributed by atoms with Gasteiger partial charge in [0, 0.05) is 17.1 Å². The molecule has 0 aliphatic carbocycles. The largest absolute Gasteiger partial charge is 0.490 e. The van der Waals surface area contributed by atoms with Crippen LogP contribution in [0.15, 0.2) is 36.4 Å². The number of ether oxygens (including phenoxy) is 2. The summed E-state index contributed by atoms with van der Waals surface area (Å²) in [5.74, 6) is 1.24. The van der Waals surface area contributed by atoms with Crippen molar-refractivity contribution < 1.29 is 9.47 Å². The second-order valence-electron chi connectivity index (χ2n) is 9.23. The van der Waals surface area contributed by atoms with Crippen LogP contribution in [-0.2, 0) is 13.2 Å². The lowest BCUT2D eigenvalue weighted by atomic mass is 9.82. The monoisotopic (exact) mass is 473 g/mol. The second kappa shape index (κ2) is 11.5. The molecule has 0 bridgehead atoms. The maximum atomic E-state index is 6.56. The summed E-state index contributed by atoms with van der Waals surface area (Å²) in [5.41, 5.74) is 2.35. The normalized spacial score (nSPS) is 11.7. The average molecular weight is 475 g/mol. The molecule has 2 aromatic carbocycles. The van der Waals surface area contributed by atoms with Gasteiger partial charge in [-0.3, -0.25) is 0 Å². The van der Waals surface area contributed by atoms with E-state index in [2.05, 4.69) is 39.9 Å². The van der Waals surface area contributed by atoms with Crippen LogP contribution in [0.25, 0.3) is 0 Å². The van der Waals surface area contributed by atoms with Crippen LogP contribution in [0, 0.1) is 5.41 Å². The summed E-state index contributed by atoms with van der Waals surface area (Å²) in [6.45, 7) is 14.8. The minimum atomic E-state index is 0. The molecule has 0 fully saturated rings. The lowest BCUT2D eigenvalue weighted by Gasteiger charge is -2.33. The molecule has 0 saturated carbocycles. The van der Waals surface area contributed by atoms with E-state index in [1.165, 1.54) is 0 Å². The smallest absolute Gasteiger partial charge is 0.180 e. The first-order valence-electron chi connectivity index (χ1n) is 10.1. The summed E-state index contributed by atoms with van der Waals surface area (Å²) >= 11 is 12.5. The molecule has 0 heterocycles. The number of hydrogen-bond donors (Lipinski definition) is 1. The topological polar surface area (TPSA) is 30.5 Å². The predicted molar refractivity (Wildman–Crippen MR) is 131 cm³/mol. The molecule has 30 heavy (non-hydrogen) atoms. The van der Waals surface area contributed by atoms with Crippen molar-refractivity contribution in [1.82, 2.24) is 5.32 Å². The van der Waals surface area contributed by atoms with Crippen molar-refractivity contribution >= 4 is 35.6 Å². The van der Waals surface area contributed by atoms with Crippen molar-refractivity contribution in [1.29, 1.82) is 0 Å². The minimum absolute atomic E-state index is 0. The SMILES string of the molecule is CCOc1cc(CNC(C)(C)CC(C)(C)C)cc(Cl)c1OCc1ccc(Cl)cc1.Cl. The van der Waals surface area contributed by atoms with Gasteiger partial charge in [0.15, 0.2) is 11.5 Å². The van der Waals surface area contributed by atoms with E-state index in [1.54, 1.807) is 0 Å². The molecule has 0 aromatic heterocycles. The Bertz CT molecular complexity index is 799. The highest BCUT2D eigenvalue weighted by atomic mass is 35.5. The summed E-state index contributed by atoms with van der Waals surface area (Å²) in [4.78, 5) is 0. The Kier molecular flexibility index (Phi) is 10.3. The molecule has 2 aromatic rings. The Balaban J connectivity index is 0.00000450. The highest BCUT2D eigenvalue weighted by Crippen LogP contribution is 2.37. The first-order chi connectivity index (χ1) is 13.5. The fourth-order valence-corrected chi connectivity index (χ4v) is 4.01. The molecule has 0 aliphatic heterocycles. The first kappa shape index (κ1) is 26.9. The lowest BCUT2D eigenvalue weighted by Crippen LogP contribution is -2.41. The first-order valence-corrected chi connectivity index (χ1v) is 10.8. The van der Waals surface area contributed by atoms with Crippen molar-refractivity contribution in [3.8, 4) is 11.5 Å².